The Balaban J connectivity index is 1.51. The topological polar surface area (TPSA) is 44.5 Å². The Morgan fingerprint density at radius 2 is 0.837 bits per heavy atom. The lowest BCUT2D eigenvalue weighted by Gasteiger charge is -2.56. The van der Waals surface area contributed by atoms with Gasteiger partial charge in [-0.2, -0.15) is 0 Å². The van der Waals surface area contributed by atoms with Gasteiger partial charge >= 0.3 is 0 Å². The monoisotopic (exact) mass is 607 g/mol. The summed E-state index contributed by atoms with van der Waals surface area (Å²) in [5.41, 5.74) is 6.84. The number of hydrogen-bond acceptors (Lipinski definition) is 3. The summed E-state index contributed by atoms with van der Waals surface area (Å²) in [5.74, 6) is 0.510. The first kappa shape index (κ1) is 31.6. The van der Waals surface area contributed by atoms with Crippen molar-refractivity contribution in [3.63, 3.8) is 0 Å². The third-order valence-electron chi connectivity index (χ3n) is 8.95. The van der Waals surface area contributed by atoms with Gasteiger partial charge < -0.3 is 14.6 Å². The zero-order chi connectivity index (χ0) is 30.6. The standard InChI is InChI=1S/C38H49NO2Si2/c1-37(2,3)35(40-42(28-19-11-7-12-20-28)29-21-13-8-14-22-29)32-27-33(39)34(32)36(38(4,5)6)41-43(30-23-15-9-16-24-30)31-25-17-10-18-26-31/h7-26,32-36,42-43H,27,39H2,1-6H3/t32-,33+,34+,35?,36?/m0/s1. The van der Waals surface area contributed by atoms with Crippen molar-refractivity contribution in [1.82, 2.24) is 0 Å². The predicted molar refractivity (Wildman–Crippen MR) is 187 cm³/mol. The summed E-state index contributed by atoms with van der Waals surface area (Å²) in [7, 11) is -3.95. The summed E-state index contributed by atoms with van der Waals surface area (Å²) in [6, 6.07) is 43.4. The van der Waals surface area contributed by atoms with E-state index in [1.807, 2.05) is 0 Å². The van der Waals surface area contributed by atoms with Crippen LogP contribution in [0.25, 0.3) is 0 Å². The van der Waals surface area contributed by atoms with E-state index in [0.29, 0.717) is 5.92 Å². The van der Waals surface area contributed by atoms with E-state index in [9.17, 15) is 0 Å². The van der Waals surface area contributed by atoms with E-state index >= 15 is 0 Å². The molecule has 0 heterocycles. The first-order valence-corrected chi connectivity index (χ1v) is 19.1. The van der Waals surface area contributed by atoms with E-state index in [-0.39, 0.29) is 35.0 Å². The highest BCUT2D eigenvalue weighted by Gasteiger charge is 2.54. The fraction of sp³-hybridized carbons (Fsp3) is 0.368. The first-order valence-electron chi connectivity index (χ1n) is 15.8. The maximum Gasteiger partial charge on any atom is 0.240 e. The van der Waals surface area contributed by atoms with Crippen molar-refractivity contribution in [1.29, 1.82) is 0 Å². The molecule has 0 spiro atoms. The summed E-state index contributed by atoms with van der Waals surface area (Å²) < 4.78 is 14.9. The van der Waals surface area contributed by atoms with Gasteiger partial charge in [0.1, 0.15) is 0 Å². The van der Waals surface area contributed by atoms with Crippen molar-refractivity contribution in [3.05, 3.63) is 121 Å². The van der Waals surface area contributed by atoms with Gasteiger partial charge in [-0.15, -0.1) is 0 Å². The van der Waals surface area contributed by atoms with Crippen molar-refractivity contribution in [2.45, 2.75) is 66.2 Å². The Bertz CT molecular complexity index is 1330. The van der Waals surface area contributed by atoms with Gasteiger partial charge in [-0.25, -0.2) is 0 Å². The minimum Gasteiger partial charge on any atom is -0.407 e. The van der Waals surface area contributed by atoms with E-state index < -0.39 is 18.1 Å². The smallest absolute Gasteiger partial charge is 0.240 e. The van der Waals surface area contributed by atoms with E-state index in [0.717, 1.165) is 6.42 Å². The molecule has 226 valence electrons. The number of nitrogens with two attached hydrogens (primary N) is 1. The van der Waals surface area contributed by atoms with E-state index in [1.165, 1.54) is 20.7 Å². The average Bonchev–Trinajstić information content (AvgIpc) is 2.99. The summed E-state index contributed by atoms with van der Waals surface area (Å²) in [5, 5.41) is 5.23. The maximum atomic E-state index is 7.45. The second-order valence-electron chi connectivity index (χ2n) is 14.4. The number of hydrogen-bond donors (Lipinski definition) is 1. The van der Waals surface area contributed by atoms with Crippen molar-refractivity contribution in [3.8, 4) is 0 Å². The molecule has 0 bridgehead atoms. The Kier molecular flexibility index (Phi) is 9.89. The van der Waals surface area contributed by atoms with Crippen molar-refractivity contribution < 1.29 is 8.85 Å². The molecule has 3 nitrogen and oxygen atoms in total. The third-order valence-corrected chi connectivity index (χ3v) is 14.0. The Morgan fingerprint density at radius 3 is 1.12 bits per heavy atom. The second-order valence-corrected chi connectivity index (χ2v) is 19.1. The van der Waals surface area contributed by atoms with E-state index in [1.54, 1.807) is 0 Å². The zero-order valence-electron chi connectivity index (χ0n) is 26.7. The van der Waals surface area contributed by atoms with Gasteiger partial charge in [0.05, 0.1) is 12.2 Å². The molecule has 4 aromatic rings. The zero-order valence-corrected chi connectivity index (χ0v) is 29.0. The van der Waals surface area contributed by atoms with Crippen LogP contribution in [-0.2, 0) is 8.85 Å². The van der Waals surface area contributed by atoms with Crippen LogP contribution in [0.3, 0.4) is 0 Å². The van der Waals surface area contributed by atoms with Gasteiger partial charge in [0.15, 0.2) is 0 Å². The highest BCUT2D eigenvalue weighted by atomic mass is 28.3. The van der Waals surface area contributed by atoms with Crippen LogP contribution in [0, 0.1) is 22.7 Å². The van der Waals surface area contributed by atoms with Crippen LogP contribution in [0.4, 0.5) is 0 Å². The molecule has 2 N–H and O–H groups in total. The predicted octanol–water partition coefficient (Wildman–Crippen LogP) is 4.89. The Hall–Kier alpha value is -2.81. The molecule has 0 saturated heterocycles. The SMILES string of the molecule is CC(C)(C)C(O[SiH](c1ccccc1)c1ccccc1)[C@H]1[C@H](N)C[C@@H]1C(O[SiH](c1ccccc1)c1ccccc1)C(C)(C)C. The molecule has 5 atom stereocenters. The molecule has 1 aliphatic carbocycles. The van der Waals surface area contributed by atoms with Gasteiger partial charge in [0.25, 0.3) is 0 Å². The van der Waals surface area contributed by atoms with E-state index in [4.69, 9.17) is 14.6 Å². The lowest BCUT2D eigenvalue weighted by Crippen LogP contribution is -2.65. The summed E-state index contributed by atoms with van der Waals surface area (Å²) >= 11 is 0. The van der Waals surface area contributed by atoms with Crippen LogP contribution < -0.4 is 26.5 Å². The molecule has 4 aromatic carbocycles. The molecule has 0 amide bonds. The molecular formula is C38H49NO2Si2. The highest BCUT2D eigenvalue weighted by molar-refractivity contribution is 6.80. The van der Waals surface area contributed by atoms with E-state index in [2.05, 4.69) is 163 Å². The van der Waals surface area contributed by atoms with Crippen molar-refractivity contribution in [2.24, 2.45) is 28.4 Å². The summed E-state index contributed by atoms with van der Waals surface area (Å²) in [4.78, 5) is 0. The van der Waals surface area contributed by atoms with Gasteiger partial charge in [0.2, 0.25) is 18.1 Å². The molecular weight excluding hydrogens is 559 g/mol. The molecule has 0 aromatic heterocycles. The van der Waals surface area contributed by atoms with Crippen LogP contribution in [-0.4, -0.2) is 36.3 Å². The molecule has 5 heteroatoms. The fourth-order valence-electron chi connectivity index (χ4n) is 6.85. The number of rotatable bonds is 10. The summed E-state index contributed by atoms with van der Waals surface area (Å²) in [6.07, 6.45) is 1.01. The van der Waals surface area contributed by atoms with Gasteiger partial charge in [-0.3, -0.25) is 0 Å². The Labute approximate surface area is 262 Å². The molecule has 5 rings (SSSR count). The fourth-order valence-corrected chi connectivity index (χ4v) is 12.3. The third kappa shape index (κ3) is 7.47. The minimum absolute atomic E-state index is 0.000321. The van der Waals surface area contributed by atoms with Crippen molar-refractivity contribution >= 4 is 38.8 Å². The normalized spacial score (nSPS) is 20.5. The van der Waals surface area contributed by atoms with Crippen LogP contribution >= 0.6 is 0 Å². The molecule has 0 aliphatic heterocycles. The first-order chi connectivity index (χ1) is 20.5. The minimum atomic E-state index is -1.99. The molecule has 43 heavy (non-hydrogen) atoms. The average molecular weight is 608 g/mol. The van der Waals surface area contributed by atoms with Gasteiger partial charge in [0, 0.05) is 12.0 Å². The van der Waals surface area contributed by atoms with Gasteiger partial charge in [-0.1, -0.05) is 163 Å². The molecule has 1 saturated carbocycles. The lowest BCUT2D eigenvalue weighted by molar-refractivity contribution is -0.109. The second kappa shape index (κ2) is 13.5. The molecule has 2 unspecified atom stereocenters. The van der Waals surface area contributed by atoms with Crippen LogP contribution in [0.5, 0.6) is 0 Å². The highest BCUT2D eigenvalue weighted by Crippen LogP contribution is 2.49. The quantitative estimate of drug-likeness (QED) is 0.261. The molecule has 1 fully saturated rings. The lowest BCUT2D eigenvalue weighted by atomic mass is 9.57. The van der Waals surface area contributed by atoms with Gasteiger partial charge in [-0.05, 0) is 43.9 Å². The largest absolute Gasteiger partial charge is 0.407 e. The molecule has 0 radical (unpaired) electrons. The number of benzene rings is 4. The van der Waals surface area contributed by atoms with Crippen LogP contribution in [0.15, 0.2) is 121 Å². The van der Waals surface area contributed by atoms with Crippen LogP contribution in [0.1, 0.15) is 48.0 Å². The Morgan fingerprint density at radius 1 is 0.535 bits per heavy atom. The van der Waals surface area contributed by atoms with Crippen molar-refractivity contribution in [2.75, 3.05) is 0 Å². The maximum absolute atomic E-state index is 7.45. The summed E-state index contributed by atoms with van der Waals surface area (Å²) in [6.45, 7) is 14.0. The van der Waals surface area contributed by atoms with Crippen LogP contribution in [0.2, 0.25) is 0 Å². The molecule has 1 aliphatic rings.